The largest absolute Gasteiger partial charge is 0.330 e. The van der Waals surface area contributed by atoms with Crippen LogP contribution in [0.25, 0.3) is 0 Å². The molecule has 0 radical (unpaired) electrons. The van der Waals surface area contributed by atoms with Crippen molar-refractivity contribution < 1.29 is 4.39 Å². The molecule has 1 heterocycles. The van der Waals surface area contributed by atoms with Crippen molar-refractivity contribution in [3.63, 3.8) is 0 Å². The molecule has 0 aliphatic carbocycles. The summed E-state index contributed by atoms with van der Waals surface area (Å²) in [5.41, 5.74) is 6.56. The molecule has 0 aliphatic rings. The molecule has 2 aromatic rings. The van der Waals surface area contributed by atoms with Gasteiger partial charge in [-0.05, 0) is 36.7 Å². The Bertz CT molecular complexity index is 485. The molecule has 0 saturated heterocycles. The van der Waals surface area contributed by atoms with Crippen LogP contribution in [0.4, 0.5) is 4.39 Å². The minimum absolute atomic E-state index is 0.217. The summed E-state index contributed by atoms with van der Waals surface area (Å²) in [6, 6.07) is 10.6. The van der Waals surface area contributed by atoms with Gasteiger partial charge >= 0.3 is 0 Å². The molecule has 0 amide bonds. The van der Waals surface area contributed by atoms with Gasteiger partial charge in [0, 0.05) is 11.1 Å². The van der Waals surface area contributed by atoms with Crippen molar-refractivity contribution in [3.8, 4) is 0 Å². The third-order valence-electron chi connectivity index (χ3n) is 2.28. The molecule has 1 aromatic carbocycles. The van der Waals surface area contributed by atoms with Crippen LogP contribution in [0.5, 0.6) is 0 Å². The van der Waals surface area contributed by atoms with Crippen LogP contribution in [0.3, 0.4) is 0 Å². The molecule has 1 aromatic heterocycles. The second-order valence-electron chi connectivity index (χ2n) is 3.58. The zero-order valence-corrected chi connectivity index (χ0v) is 10.1. The lowest BCUT2D eigenvalue weighted by Gasteiger charge is -2.03. The minimum atomic E-state index is -0.217. The van der Waals surface area contributed by atoms with E-state index in [0.717, 1.165) is 17.0 Å². The van der Waals surface area contributed by atoms with Crippen molar-refractivity contribution in [1.82, 2.24) is 4.98 Å². The van der Waals surface area contributed by atoms with E-state index in [9.17, 15) is 4.39 Å². The first-order valence-electron chi connectivity index (χ1n) is 5.37. The van der Waals surface area contributed by atoms with Crippen LogP contribution in [-0.2, 0) is 6.42 Å². The van der Waals surface area contributed by atoms with Crippen molar-refractivity contribution in [2.24, 2.45) is 5.73 Å². The van der Waals surface area contributed by atoms with Gasteiger partial charge in [0.15, 0.2) is 0 Å². The fraction of sp³-hybridized carbons (Fsp3) is 0.154. The fourth-order valence-corrected chi connectivity index (χ4v) is 2.20. The Labute approximate surface area is 104 Å². The summed E-state index contributed by atoms with van der Waals surface area (Å²) in [5.74, 6) is -0.217. The lowest BCUT2D eigenvalue weighted by Crippen LogP contribution is -2.02. The van der Waals surface area contributed by atoms with Gasteiger partial charge in [-0.2, -0.15) is 0 Å². The number of hydrogen-bond donors (Lipinski definition) is 1. The molecule has 4 heteroatoms. The Hall–Kier alpha value is -1.39. The number of benzene rings is 1. The van der Waals surface area contributed by atoms with Crippen LogP contribution in [-0.4, -0.2) is 11.5 Å². The van der Waals surface area contributed by atoms with E-state index in [0.29, 0.717) is 11.4 Å². The summed E-state index contributed by atoms with van der Waals surface area (Å²) in [6.07, 6.45) is 2.60. The Morgan fingerprint density at radius 3 is 2.65 bits per heavy atom. The topological polar surface area (TPSA) is 38.9 Å². The van der Waals surface area contributed by atoms with Crippen molar-refractivity contribution in [2.75, 3.05) is 6.54 Å². The Morgan fingerprint density at radius 2 is 2.00 bits per heavy atom. The number of aromatic nitrogens is 1. The average molecular weight is 248 g/mol. The molecule has 0 unspecified atom stereocenters. The zero-order chi connectivity index (χ0) is 12.1. The summed E-state index contributed by atoms with van der Waals surface area (Å²) >= 11 is 1.32. The average Bonchev–Trinajstić information content (AvgIpc) is 2.35. The van der Waals surface area contributed by atoms with Crippen molar-refractivity contribution in [3.05, 3.63) is 54.0 Å². The number of halogens is 1. The number of pyridine rings is 1. The molecule has 2 nitrogen and oxygen atoms in total. The van der Waals surface area contributed by atoms with Gasteiger partial charge in [0.2, 0.25) is 0 Å². The van der Waals surface area contributed by atoms with Gasteiger partial charge in [-0.15, -0.1) is 0 Å². The molecular weight excluding hydrogens is 235 g/mol. The number of rotatable bonds is 4. The first-order valence-corrected chi connectivity index (χ1v) is 6.18. The molecule has 0 saturated carbocycles. The highest BCUT2D eigenvalue weighted by Crippen LogP contribution is 2.27. The van der Waals surface area contributed by atoms with Gasteiger partial charge in [0.05, 0.1) is 0 Å². The van der Waals surface area contributed by atoms with Crippen molar-refractivity contribution >= 4 is 11.8 Å². The van der Waals surface area contributed by atoms with Crippen molar-refractivity contribution in [1.29, 1.82) is 0 Å². The maximum Gasteiger partial charge on any atom is 0.137 e. The predicted octanol–water partition coefficient (Wildman–Crippen LogP) is 2.87. The monoisotopic (exact) mass is 248 g/mol. The van der Waals surface area contributed by atoms with Gasteiger partial charge in [0.25, 0.3) is 0 Å². The van der Waals surface area contributed by atoms with E-state index in [1.165, 1.54) is 17.8 Å². The summed E-state index contributed by atoms with van der Waals surface area (Å²) in [4.78, 5) is 4.86. The van der Waals surface area contributed by atoms with Gasteiger partial charge in [-0.3, -0.25) is 0 Å². The van der Waals surface area contributed by atoms with E-state index in [4.69, 9.17) is 5.73 Å². The summed E-state index contributed by atoms with van der Waals surface area (Å²) < 4.78 is 13.4. The van der Waals surface area contributed by atoms with Crippen LogP contribution in [0.1, 0.15) is 5.56 Å². The molecule has 0 bridgehead atoms. The quantitative estimate of drug-likeness (QED) is 0.904. The van der Waals surface area contributed by atoms with E-state index in [-0.39, 0.29) is 5.82 Å². The first kappa shape index (κ1) is 12.1. The smallest absolute Gasteiger partial charge is 0.137 e. The molecule has 2 rings (SSSR count). The number of nitrogens with zero attached hydrogens (tertiary/aromatic N) is 1. The van der Waals surface area contributed by atoms with Gasteiger partial charge in [0.1, 0.15) is 10.8 Å². The van der Waals surface area contributed by atoms with Crippen LogP contribution in [0.2, 0.25) is 0 Å². The highest BCUT2D eigenvalue weighted by molar-refractivity contribution is 7.99. The van der Waals surface area contributed by atoms with Crippen molar-refractivity contribution in [2.45, 2.75) is 16.3 Å². The van der Waals surface area contributed by atoms with Crippen LogP contribution >= 0.6 is 11.8 Å². The SMILES string of the molecule is NCCc1ccc(Sc2ccccc2F)nc1. The number of hydrogen-bond acceptors (Lipinski definition) is 3. The number of nitrogens with two attached hydrogens (primary N) is 1. The normalized spacial score (nSPS) is 10.5. The van der Waals surface area contributed by atoms with E-state index < -0.39 is 0 Å². The minimum Gasteiger partial charge on any atom is -0.330 e. The van der Waals surface area contributed by atoms with Gasteiger partial charge in [-0.25, -0.2) is 9.37 Å². The lowest BCUT2D eigenvalue weighted by molar-refractivity contribution is 0.602. The molecule has 2 N–H and O–H groups in total. The Morgan fingerprint density at radius 1 is 1.18 bits per heavy atom. The molecule has 17 heavy (non-hydrogen) atoms. The Kier molecular flexibility index (Phi) is 4.12. The third-order valence-corrected chi connectivity index (χ3v) is 3.28. The Balaban J connectivity index is 2.11. The molecule has 0 spiro atoms. The standard InChI is InChI=1S/C13H13FN2S/c14-11-3-1-2-4-12(11)17-13-6-5-10(7-8-15)9-16-13/h1-6,9H,7-8,15H2. The predicted molar refractivity (Wildman–Crippen MR) is 67.5 cm³/mol. The third kappa shape index (κ3) is 3.28. The molecule has 0 atom stereocenters. The van der Waals surface area contributed by atoms with E-state index in [1.54, 1.807) is 18.3 Å². The molecule has 0 aliphatic heterocycles. The highest BCUT2D eigenvalue weighted by Gasteiger charge is 2.03. The summed E-state index contributed by atoms with van der Waals surface area (Å²) in [5, 5.41) is 0.788. The van der Waals surface area contributed by atoms with Crippen LogP contribution in [0, 0.1) is 5.82 Å². The van der Waals surface area contributed by atoms with E-state index in [1.807, 2.05) is 18.2 Å². The molecule has 88 valence electrons. The summed E-state index contributed by atoms with van der Waals surface area (Å²) in [6.45, 7) is 0.613. The summed E-state index contributed by atoms with van der Waals surface area (Å²) in [7, 11) is 0. The second kappa shape index (κ2) is 5.80. The second-order valence-corrected chi connectivity index (χ2v) is 4.64. The molecule has 0 fully saturated rings. The first-order chi connectivity index (χ1) is 8.29. The van der Waals surface area contributed by atoms with E-state index in [2.05, 4.69) is 4.98 Å². The zero-order valence-electron chi connectivity index (χ0n) is 9.27. The lowest BCUT2D eigenvalue weighted by atomic mass is 10.2. The maximum absolute atomic E-state index is 13.4. The fourth-order valence-electron chi connectivity index (χ4n) is 1.43. The van der Waals surface area contributed by atoms with Crippen LogP contribution < -0.4 is 5.73 Å². The van der Waals surface area contributed by atoms with E-state index >= 15 is 0 Å². The van der Waals surface area contributed by atoms with Gasteiger partial charge in [-0.1, -0.05) is 30.0 Å². The molecular formula is C13H13FN2S. The van der Waals surface area contributed by atoms with Gasteiger partial charge < -0.3 is 5.73 Å². The highest BCUT2D eigenvalue weighted by atomic mass is 32.2. The maximum atomic E-state index is 13.4. The van der Waals surface area contributed by atoms with Crippen LogP contribution in [0.15, 0.2) is 52.5 Å².